The van der Waals surface area contributed by atoms with Crippen LogP contribution in [0.4, 0.5) is 5.69 Å². The van der Waals surface area contributed by atoms with Crippen molar-refractivity contribution < 1.29 is 24.0 Å². The largest absolute Gasteiger partial charge is 0.464 e. The van der Waals surface area contributed by atoms with Gasteiger partial charge in [0.15, 0.2) is 5.69 Å². The highest BCUT2D eigenvalue weighted by Crippen LogP contribution is 2.37. The molecule has 0 amide bonds. The minimum Gasteiger partial charge on any atom is -0.464 e. The van der Waals surface area contributed by atoms with Crippen LogP contribution in [0.1, 0.15) is 33.5 Å². The summed E-state index contributed by atoms with van der Waals surface area (Å²) in [4.78, 5) is 35.4. The first-order chi connectivity index (χ1) is 11.8. The highest BCUT2D eigenvalue weighted by atomic mass is 16.6. The first-order valence-corrected chi connectivity index (χ1v) is 7.34. The molecule has 0 saturated carbocycles. The summed E-state index contributed by atoms with van der Waals surface area (Å²) in [6.45, 7) is 3.23. The number of carbonyl (C=O) groups excluding carboxylic acids is 2. The van der Waals surface area contributed by atoms with E-state index < -0.39 is 16.9 Å². The second kappa shape index (κ2) is 7.04. The lowest BCUT2D eigenvalue weighted by atomic mass is 9.98. The Hall–Kier alpha value is -3.36. The van der Waals surface area contributed by atoms with E-state index in [-0.39, 0.29) is 40.4 Å². The number of esters is 2. The number of benzene rings is 1. The quantitative estimate of drug-likeness (QED) is 0.379. The van der Waals surface area contributed by atoms with Crippen LogP contribution in [0.25, 0.3) is 11.1 Å². The van der Waals surface area contributed by atoms with E-state index in [1.165, 1.54) is 25.1 Å². The number of para-hydroxylation sites is 1. The van der Waals surface area contributed by atoms with Crippen molar-refractivity contribution in [3.63, 3.8) is 0 Å². The lowest BCUT2D eigenvalue weighted by molar-refractivity contribution is -0.384. The lowest BCUT2D eigenvalue weighted by Crippen LogP contribution is -2.19. The zero-order valence-corrected chi connectivity index (χ0v) is 13.9. The molecule has 9 heteroatoms. The van der Waals surface area contributed by atoms with Crippen molar-refractivity contribution in [1.29, 1.82) is 0 Å². The van der Waals surface area contributed by atoms with Gasteiger partial charge in [-0.1, -0.05) is 12.1 Å². The van der Waals surface area contributed by atoms with Crippen LogP contribution in [0.5, 0.6) is 0 Å². The molecule has 0 aliphatic carbocycles. The Morgan fingerprint density at radius 1 is 1.28 bits per heavy atom. The first-order valence-electron chi connectivity index (χ1n) is 7.34. The van der Waals surface area contributed by atoms with Crippen molar-refractivity contribution in [2.24, 2.45) is 0 Å². The summed E-state index contributed by atoms with van der Waals surface area (Å²) in [6, 6.07) is 5.74. The van der Waals surface area contributed by atoms with Crippen LogP contribution >= 0.6 is 0 Å². The monoisotopic (exact) mass is 347 g/mol. The van der Waals surface area contributed by atoms with E-state index in [9.17, 15) is 19.7 Å². The van der Waals surface area contributed by atoms with Crippen molar-refractivity contribution in [2.45, 2.75) is 13.8 Å². The summed E-state index contributed by atoms with van der Waals surface area (Å²) in [7, 11) is 1.15. The number of methoxy groups -OCH3 is 1. The van der Waals surface area contributed by atoms with Crippen molar-refractivity contribution in [3.05, 3.63) is 51.3 Å². The molecule has 9 nitrogen and oxygen atoms in total. The van der Waals surface area contributed by atoms with E-state index in [0.717, 1.165) is 11.8 Å². The highest BCUT2D eigenvalue weighted by Gasteiger charge is 2.33. The number of nitro groups is 1. The molecule has 2 aromatic rings. The van der Waals surface area contributed by atoms with Crippen molar-refractivity contribution in [2.75, 3.05) is 19.6 Å². The second-order valence-corrected chi connectivity index (χ2v) is 5.04. The summed E-state index contributed by atoms with van der Waals surface area (Å²) in [5, 5.41) is 11.4. The van der Waals surface area contributed by atoms with Crippen LogP contribution in [0.3, 0.4) is 0 Å². The summed E-state index contributed by atoms with van der Waals surface area (Å²) >= 11 is 0. The zero-order valence-electron chi connectivity index (χ0n) is 13.9. The van der Waals surface area contributed by atoms with Crippen LogP contribution in [0.15, 0.2) is 24.3 Å². The predicted molar refractivity (Wildman–Crippen MR) is 88.7 cm³/mol. The van der Waals surface area contributed by atoms with Gasteiger partial charge in [0.25, 0.3) is 5.69 Å². The SMILES string of the molecule is CCOC(=O)c1c(-c2ccccc2[N+](=O)[O-])c(C(=O)OC)n(N)c1C. The molecule has 0 saturated heterocycles. The Morgan fingerprint density at radius 2 is 1.92 bits per heavy atom. The van der Waals surface area contributed by atoms with Gasteiger partial charge in [-0.3, -0.25) is 14.8 Å². The van der Waals surface area contributed by atoms with Gasteiger partial charge in [-0.05, 0) is 19.9 Å². The van der Waals surface area contributed by atoms with E-state index in [1.54, 1.807) is 13.0 Å². The number of aromatic nitrogens is 1. The molecule has 0 radical (unpaired) electrons. The maximum atomic E-state index is 12.4. The van der Waals surface area contributed by atoms with Gasteiger partial charge < -0.3 is 15.3 Å². The fourth-order valence-corrected chi connectivity index (χ4v) is 2.56. The third-order valence-corrected chi connectivity index (χ3v) is 3.68. The van der Waals surface area contributed by atoms with E-state index in [0.29, 0.717) is 0 Å². The van der Waals surface area contributed by atoms with Crippen LogP contribution in [0, 0.1) is 17.0 Å². The van der Waals surface area contributed by atoms with Crippen molar-refractivity contribution in [3.8, 4) is 11.1 Å². The number of hydrogen-bond acceptors (Lipinski definition) is 7. The number of hydrogen-bond donors (Lipinski definition) is 1. The molecule has 0 bridgehead atoms. The number of carbonyl (C=O) groups is 2. The van der Waals surface area contributed by atoms with E-state index in [2.05, 4.69) is 0 Å². The van der Waals surface area contributed by atoms with Gasteiger partial charge in [-0.25, -0.2) is 9.59 Å². The van der Waals surface area contributed by atoms with Gasteiger partial charge in [0.2, 0.25) is 0 Å². The third-order valence-electron chi connectivity index (χ3n) is 3.68. The van der Waals surface area contributed by atoms with Gasteiger partial charge in [-0.2, -0.15) is 0 Å². The molecule has 2 N–H and O–H groups in total. The predicted octanol–water partition coefficient (Wildman–Crippen LogP) is 2.05. The molecule has 1 aromatic heterocycles. The van der Waals surface area contributed by atoms with E-state index >= 15 is 0 Å². The average Bonchev–Trinajstić information content (AvgIpc) is 2.86. The highest BCUT2D eigenvalue weighted by molar-refractivity contribution is 6.08. The second-order valence-electron chi connectivity index (χ2n) is 5.04. The Bertz CT molecular complexity index is 856. The first kappa shape index (κ1) is 18.0. The average molecular weight is 347 g/mol. The molecule has 132 valence electrons. The number of ether oxygens (including phenoxy) is 2. The Labute approximate surface area is 143 Å². The Morgan fingerprint density at radius 3 is 2.48 bits per heavy atom. The van der Waals surface area contributed by atoms with Crippen LogP contribution in [0.2, 0.25) is 0 Å². The molecular formula is C16H17N3O6. The molecule has 2 rings (SSSR count). The topological polar surface area (TPSA) is 127 Å². The van der Waals surface area contributed by atoms with Crippen LogP contribution in [-0.4, -0.2) is 35.3 Å². The van der Waals surface area contributed by atoms with Crippen molar-refractivity contribution in [1.82, 2.24) is 4.68 Å². The summed E-state index contributed by atoms with van der Waals surface area (Å²) < 4.78 is 10.7. The van der Waals surface area contributed by atoms with E-state index in [1.807, 2.05) is 0 Å². The van der Waals surface area contributed by atoms with Crippen LogP contribution in [-0.2, 0) is 9.47 Å². The molecule has 1 aromatic carbocycles. The molecule has 0 unspecified atom stereocenters. The summed E-state index contributed by atoms with van der Waals surface area (Å²) in [6.07, 6.45) is 0. The fourth-order valence-electron chi connectivity index (χ4n) is 2.56. The minimum absolute atomic E-state index is 0.0117. The summed E-state index contributed by atoms with van der Waals surface area (Å²) in [5.74, 6) is 4.36. The van der Waals surface area contributed by atoms with Gasteiger partial charge in [0.1, 0.15) is 0 Å². The molecule has 0 aliphatic heterocycles. The minimum atomic E-state index is -0.825. The lowest BCUT2D eigenvalue weighted by Gasteiger charge is -2.08. The maximum absolute atomic E-state index is 12.4. The molecule has 25 heavy (non-hydrogen) atoms. The third kappa shape index (κ3) is 3.03. The number of nitrogens with two attached hydrogens (primary N) is 1. The van der Waals surface area contributed by atoms with Crippen LogP contribution < -0.4 is 5.84 Å². The molecule has 0 aliphatic rings. The Kier molecular flexibility index (Phi) is 5.06. The van der Waals surface area contributed by atoms with Gasteiger partial charge >= 0.3 is 11.9 Å². The standard InChI is InChI=1S/C16H17N3O6/c1-4-25-15(20)12-9(2)18(17)14(16(21)24-3)13(12)10-7-5-6-8-11(10)19(22)23/h5-8H,4,17H2,1-3H3. The maximum Gasteiger partial charge on any atom is 0.357 e. The summed E-state index contributed by atoms with van der Waals surface area (Å²) in [5.41, 5.74) is -0.145. The van der Waals surface area contributed by atoms with Gasteiger partial charge in [0, 0.05) is 11.6 Å². The molecule has 0 spiro atoms. The fraction of sp³-hybridized carbons (Fsp3) is 0.250. The normalized spacial score (nSPS) is 10.4. The number of nitrogen functional groups attached to an aromatic ring is 1. The van der Waals surface area contributed by atoms with E-state index in [4.69, 9.17) is 15.3 Å². The van der Waals surface area contributed by atoms with Gasteiger partial charge in [0.05, 0.1) is 35.5 Å². The zero-order chi connectivity index (χ0) is 18.7. The number of rotatable bonds is 5. The molecular weight excluding hydrogens is 330 g/mol. The molecule has 0 fully saturated rings. The number of nitro benzene ring substituents is 1. The Balaban J connectivity index is 2.92. The van der Waals surface area contributed by atoms with Crippen molar-refractivity contribution >= 4 is 17.6 Å². The number of nitrogens with zero attached hydrogens (tertiary/aromatic N) is 2. The van der Waals surface area contributed by atoms with Gasteiger partial charge in [-0.15, -0.1) is 0 Å². The molecule has 1 heterocycles. The smallest absolute Gasteiger partial charge is 0.357 e. The molecule has 0 atom stereocenters.